The van der Waals surface area contributed by atoms with Gasteiger partial charge in [-0.2, -0.15) is 0 Å². The Labute approximate surface area is 90.8 Å². The van der Waals surface area contributed by atoms with E-state index in [2.05, 4.69) is 55.2 Å². The molecule has 1 N–H and O–H groups in total. The number of fused-ring (bicyclic) bond motifs is 1. The molecule has 0 amide bonds. The Balaban J connectivity index is 2.43. The molecule has 2 rings (SSSR count). The number of nitrogens with one attached hydrogen (secondary N) is 1. The summed E-state index contributed by atoms with van der Waals surface area (Å²) < 4.78 is 0. The highest BCUT2D eigenvalue weighted by Crippen LogP contribution is 2.23. The van der Waals surface area contributed by atoms with Crippen LogP contribution in [0.1, 0.15) is 32.4 Å². The molecule has 15 heavy (non-hydrogen) atoms. The van der Waals surface area contributed by atoms with Crippen molar-refractivity contribution in [3.8, 4) is 0 Å². The van der Waals surface area contributed by atoms with E-state index in [4.69, 9.17) is 0 Å². The van der Waals surface area contributed by atoms with Crippen molar-refractivity contribution in [1.82, 2.24) is 4.98 Å². The monoisotopic (exact) mass is 199 g/mol. The molecule has 0 spiro atoms. The molecule has 1 nitrogen and oxygen atoms in total. The van der Waals surface area contributed by atoms with Crippen molar-refractivity contribution >= 4 is 16.5 Å². The third-order valence-corrected chi connectivity index (χ3v) is 2.74. The largest absolute Gasteiger partial charge is 0.355 e. The fourth-order valence-corrected chi connectivity index (χ4v) is 1.95. The van der Waals surface area contributed by atoms with Crippen LogP contribution < -0.4 is 0 Å². The van der Waals surface area contributed by atoms with Crippen LogP contribution in [0.3, 0.4) is 0 Å². The van der Waals surface area contributed by atoms with Gasteiger partial charge in [0.15, 0.2) is 0 Å². The Morgan fingerprint density at radius 3 is 2.80 bits per heavy atom. The summed E-state index contributed by atoms with van der Waals surface area (Å²) in [5.41, 5.74) is 3.90. The minimum Gasteiger partial charge on any atom is -0.355 e. The highest BCUT2D eigenvalue weighted by Gasteiger charge is 2.03. The molecule has 0 radical (unpaired) electrons. The second-order valence-electron chi connectivity index (χ2n) is 3.83. The molecule has 0 atom stereocenters. The Morgan fingerprint density at radius 1 is 1.33 bits per heavy atom. The number of H-pyrrole nitrogens is 1. The fraction of sp³-hybridized carbons (Fsp3) is 0.286. The Morgan fingerprint density at radius 2 is 2.13 bits per heavy atom. The van der Waals surface area contributed by atoms with E-state index in [1.54, 1.807) is 0 Å². The van der Waals surface area contributed by atoms with Gasteiger partial charge in [0.2, 0.25) is 0 Å². The standard InChI is InChI=1S/C14H17N/c1-3-7-11(4-2)14-10-12-8-5-6-9-13(12)15-14/h4-6,8-10,15H,3,7H2,1-2H3/b11-4+. The first kappa shape index (κ1) is 10.0. The number of allylic oxidation sites excluding steroid dienone is 2. The van der Waals surface area contributed by atoms with Crippen molar-refractivity contribution in [2.75, 3.05) is 0 Å². The van der Waals surface area contributed by atoms with Crippen molar-refractivity contribution < 1.29 is 0 Å². The van der Waals surface area contributed by atoms with E-state index in [1.165, 1.54) is 28.6 Å². The van der Waals surface area contributed by atoms with Crippen molar-refractivity contribution in [2.45, 2.75) is 26.7 Å². The number of para-hydroxylation sites is 1. The quantitative estimate of drug-likeness (QED) is 0.755. The molecule has 1 aromatic heterocycles. The van der Waals surface area contributed by atoms with Gasteiger partial charge in [0, 0.05) is 11.2 Å². The van der Waals surface area contributed by atoms with E-state index in [-0.39, 0.29) is 0 Å². The van der Waals surface area contributed by atoms with Gasteiger partial charge in [-0.15, -0.1) is 0 Å². The van der Waals surface area contributed by atoms with Gasteiger partial charge in [-0.1, -0.05) is 37.6 Å². The molecule has 0 fully saturated rings. The van der Waals surface area contributed by atoms with E-state index < -0.39 is 0 Å². The topological polar surface area (TPSA) is 15.8 Å². The Bertz CT molecular complexity index is 444. The summed E-state index contributed by atoms with van der Waals surface area (Å²) in [5.74, 6) is 0. The number of aromatic amines is 1. The molecule has 0 aliphatic heterocycles. The molecular formula is C14H17N. The number of hydrogen-bond acceptors (Lipinski definition) is 0. The van der Waals surface area contributed by atoms with Gasteiger partial charge in [-0.25, -0.2) is 0 Å². The van der Waals surface area contributed by atoms with E-state index >= 15 is 0 Å². The molecule has 1 aromatic carbocycles. The van der Waals surface area contributed by atoms with E-state index in [0.29, 0.717) is 0 Å². The lowest BCUT2D eigenvalue weighted by Crippen LogP contribution is -1.83. The summed E-state index contributed by atoms with van der Waals surface area (Å²) in [6, 6.07) is 10.7. The molecule has 0 bridgehead atoms. The first-order valence-electron chi connectivity index (χ1n) is 5.58. The molecule has 0 unspecified atom stereocenters. The van der Waals surface area contributed by atoms with E-state index in [0.717, 1.165) is 6.42 Å². The van der Waals surface area contributed by atoms with Crippen LogP contribution in [0.4, 0.5) is 0 Å². The van der Waals surface area contributed by atoms with Gasteiger partial charge < -0.3 is 4.98 Å². The predicted octanol–water partition coefficient (Wildman–Crippen LogP) is 4.37. The summed E-state index contributed by atoms with van der Waals surface area (Å²) >= 11 is 0. The van der Waals surface area contributed by atoms with Crippen molar-refractivity contribution in [3.63, 3.8) is 0 Å². The van der Waals surface area contributed by atoms with Gasteiger partial charge in [0.25, 0.3) is 0 Å². The Hall–Kier alpha value is -1.50. The van der Waals surface area contributed by atoms with Crippen LogP contribution in [-0.4, -0.2) is 4.98 Å². The Kier molecular flexibility index (Phi) is 2.91. The maximum Gasteiger partial charge on any atom is 0.0458 e. The second-order valence-corrected chi connectivity index (χ2v) is 3.83. The minimum atomic E-state index is 1.14. The first-order valence-corrected chi connectivity index (χ1v) is 5.58. The maximum atomic E-state index is 3.46. The van der Waals surface area contributed by atoms with Gasteiger partial charge in [0.05, 0.1) is 0 Å². The zero-order valence-corrected chi connectivity index (χ0v) is 9.38. The minimum absolute atomic E-state index is 1.14. The molecule has 0 aliphatic carbocycles. The summed E-state index contributed by atoms with van der Waals surface area (Å²) in [6.07, 6.45) is 4.53. The first-order chi connectivity index (χ1) is 7.35. The van der Waals surface area contributed by atoms with Crippen LogP contribution in [0.2, 0.25) is 0 Å². The van der Waals surface area contributed by atoms with Crippen molar-refractivity contribution in [1.29, 1.82) is 0 Å². The smallest absolute Gasteiger partial charge is 0.0458 e. The van der Waals surface area contributed by atoms with Crippen molar-refractivity contribution in [3.05, 3.63) is 42.1 Å². The number of aromatic nitrogens is 1. The van der Waals surface area contributed by atoms with E-state index in [1.807, 2.05) is 0 Å². The summed E-state index contributed by atoms with van der Waals surface area (Å²) in [4.78, 5) is 3.46. The molecule has 78 valence electrons. The average Bonchev–Trinajstić information content (AvgIpc) is 2.69. The molecule has 1 heteroatoms. The summed E-state index contributed by atoms with van der Waals surface area (Å²) in [5, 5.41) is 1.29. The zero-order valence-electron chi connectivity index (χ0n) is 9.38. The van der Waals surface area contributed by atoms with Crippen LogP contribution in [0.15, 0.2) is 36.4 Å². The van der Waals surface area contributed by atoms with Gasteiger partial charge in [-0.3, -0.25) is 0 Å². The van der Waals surface area contributed by atoms with Crippen LogP contribution in [-0.2, 0) is 0 Å². The highest BCUT2D eigenvalue weighted by molar-refractivity contribution is 5.84. The number of benzene rings is 1. The zero-order chi connectivity index (χ0) is 10.7. The normalized spacial score (nSPS) is 12.3. The lowest BCUT2D eigenvalue weighted by Gasteiger charge is -2.01. The SMILES string of the molecule is C/C=C(\CCC)c1cc2ccccc2[nH]1. The molecule has 2 aromatic rings. The second kappa shape index (κ2) is 4.35. The van der Waals surface area contributed by atoms with Gasteiger partial charge in [-0.05, 0) is 36.4 Å². The van der Waals surface area contributed by atoms with Gasteiger partial charge in [0.1, 0.15) is 0 Å². The summed E-state index contributed by atoms with van der Waals surface area (Å²) in [6.45, 7) is 4.32. The van der Waals surface area contributed by atoms with E-state index in [9.17, 15) is 0 Å². The highest BCUT2D eigenvalue weighted by atomic mass is 14.7. The van der Waals surface area contributed by atoms with Crippen LogP contribution >= 0.6 is 0 Å². The molecule has 1 heterocycles. The van der Waals surface area contributed by atoms with Gasteiger partial charge >= 0.3 is 0 Å². The number of hydrogen-bond donors (Lipinski definition) is 1. The molecule has 0 aliphatic rings. The third-order valence-electron chi connectivity index (χ3n) is 2.74. The lowest BCUT2D eigenvalue weighted by molar-refractivity contribution is 0.967. The third kappa shape index (κ3) is 1.96. The van der Waals surface area contributed by atoms with Crippen LogP contribution in [0, 0.1) is 0 Å². The fourth-order valence-electron chi connectivity index (χ4n) is 1.95. The van der Waals surface area contributed by atoms with Crippen molar-refractivity contribution in [2.24, 2.45) is 0 Å². The predicted molar refractivity (Wildman–Crippen MR) is 66.9 cm³/mol. The number of rotatable bonds is 3. The average molecular weight is 199 g/mol. The summed E-state index contributed by atoms with van der Waals surface area (Å²) in [7, 11) is 0. The molecule has 0 saturated heterocycles. The lowest BCUT2D eigenvalue weighted by atomic mass is 10.1. The van der Waals surface area contributed by atoms with Crippen LogP contribution in [0.5, 0.6) is 0 Å². The molecule has 0 saturated carbocycles. The maximum absolute atomic E-state index is 3.46. The van der Waals surface area contributed by atoms with Crippen LogP contribution in [0.25, 0.3) is 16.5 Å². The molecular weight excluding hydrogens is 182 g/mol.